The van der Waals surface area contributed by atoms with E-state index in [1.807, 2.05) is 13.8 Å². The molecule has 9 nitrogen and oxygen atoms in total. The number of hydrogen-bond donors (Lipinski definition) is 2. The summed E-state index contributed by atoms with van der Waals surface area (Å²) in [4.78, 5) is 38.8. The van der Waals surface area contributed by atoms with Crippen molar-refractivity contribution in [2.75, 3.05) is 26.0 Å². The van der Waals surface area contributed by atoms with E-state index in [1.165, 1.54) is 19.1 Å². The molecule has 0 saturated heterocycles. The fraction of sp³-hybridized carbons (Fsp3) is 0.400. The van der Waals surface area contributed by atoms with E-state index >= 15 is 0 Å². The first-order chi connectivity index (χ1) is 13.7. The van der Waals surface area contributed by atoms with E-state index in [9.17, 15) is 14.4 Å². The van der Waals surface area contributed by atoms with Crippen LogP contribution in [0.1, 0.15) is 30.0 Å². The van der Waals surface area contributed by atoms with E-state index in [0.717, 1.165) is 0 Å². The Morgan fingerprint density at radius 2 is 1.86 bits per heavy atom. The molecule has 0 fully saturated rings. The van der Waals surface area contributed by atoms with Gasteiger partial charge in [0.15, 0.2) is 5.82 Å². The van der Waals surface area contributed by atoms with Gasteiger partial charge in [0, 0.05) is 18.7 Å². The van der Waals surface area contributed by atoms with Crippen LogP contribution in [0.4, 0.5) is 5.82 Å². The van der Waals surface area contributed by atoms with Crippen molar-refractivity contribution in [1.29, 1.82) is 0 Å². The number of aromatic nitrogens is 1. The quantitative estimate of drug-likeness (QED) is 0.697. The molecular weight excluding hydrogens is 376 g/mol. The average molecular weight is 402 g/mol. The summed E-state index contributed by atoms with van der Waals surface area (Å²) in [5.41, 5.74) is 0.408. The lowest BCUT2D eigenvalue weighted by Crippen LogP contribution is -2.51. The van der Waals surface area contributed by atoms with Crippen LogP contribution in [0.2, 0.25) is 0 Å². The van der Waals surface area contributed by atoms with Crippen molar-refractivity contribution >= 4 is 23.5 Å². The molecule has 3 amide bonds. The van der Waals surface area contributed by atoms with E-state index in [0.29, 0.717) is 17.1 Å². The van der Waals surface area contributed by atoms with Crippen LogP contribution in [0, 0.1) is 12.8 Å². The zero-order chi connectivity index (χ0) is 21.6. The Balaban J connectivity index is 1.99. The summed E-state index contributed by atoms with van der Waals surface area (Å²) in [6.45, 7) is 5.16. The minimum absolute atomic E-state index is 0.173. The highest BCUT2D eigenvalue weighted by molar-refractivity contribution is 5.99. The van der Waals surface area contributed by atoms with Gasteiger partial charge in [-0.25, -0.2) is 0 Å². The maximum Gasteiger partial charge on any atom is 0.251 e. The van der Waals surface area contributed by atoms with Crippen molar-refractivity contribution in [1.82, 2.24) is 15.4 Å². The van der Waals surface area contributed by atoms with Crippen molar-refractivity contribution in [3.05, 3.63) is 41.7 Å². The van der Waals surface area contributed by atoms with Crippen LogP contribution >= 0.6 is 0 Å². The topological polar surface area (TPSA) is 114 Å². The molecule has 1 aromatic carbocycles. The minimum Gasteiger partial charge on any atom is -0.497 e. The van der Waals surface area contributed by atoms with Gasteiger partial charge in [0.2, 0.25) is 11.8 Å². The summed E-state index contributed by atoms with van der Waals surface area (Å²) >= 11 is 0. The molecule has 0 aliphatic carbocycles. The standard InChI is InChI=1S/C20H26N4O5/c1-12(2)18(22-19(26)14-6-8-15(28-5)9-7-14)20(27)24(4)11-17(25)21-16-10-13(3)29-23-16/h6-10,12,18H,11H2,1-5H3,(H,22,26)(H,21,23,25). The number of likely N-dealkylation sites (N-methyl/N-ethyl adjacent to an activating group) is 1. The second-order valence-electron chi connectivity index (χ2n) is 6.99. The molecule has 29 heavy (non-hydrogen) atoms. The number of nitrogens with zero attached hydrogens (tertiary/aromatic N) is 2. The van der Waals surface area contributed by atoms with Crippen LogP contribution in [-0.2, 0) is 9.59 Å². The number of benzene rings is 1. The zero-order valence-corrected chi connectivity index (χ0v) is 17.2. The Bertz CT molecular complexity index is 860. The monoisotopic (exact) mass is 402 g/mol. The van der Waals surface area contributed by atoms with Gasteiger partial charge in [-0.2, -0.15) is 0 Å². The highest BCUT2D eigenvalue weighted by Gasteiger charge is 2.28. The van der Waals surface area contributed by atoms with Gasteiger partial charge in [-0.1, -0.05) is 19.0 Å². The highest BCUT2D eigenvalue weighted by Crippen LogP contribution is 2.13. The van der Waals surface area contributed by atoms with E-state index in [1.54, 1.807) is 37.3 Å². The fourth-order valence-electron chi connectivity index (χ4n) is 2.62. The number of nitrogens with one attached hydrogen (secondary N) is 2. The number of carbonyl (C=O) groups is 3. The Morgan fingerprint density at radius 3 is 2.38 bits per heavy atom. The Morgan fingerprint density at radius 1 is 1.21 bits per heavy atom. The molecular formula is C20H26N4O5. The number of anilines is 1. The first-order valence-electron chi connectivity index (χ1n) is 9.14. The van der Waals surface area contributed by atoms with Crippen LogP contribution < -0.4 is 15.4 Å². The molecule has 1 aromatic heterocycles. The van der Waals surface area contributed by atoms with Crippen molar-refractivity contribution < 1.29 is 23.6 Å². The van der Waals surface area contributed by atoms with Crippen molar-refractivity contribution in [3.8, 4) is 5.75 Å². The zero-order valence-electron chi connectivity index (χ0n) is 17.2. The number of methoxy groups -OCH3 is 1. The third-order valence-electron chi connectivity index (χ3n) is 4.22. The van der Waals surface area contributed by atoms with Gasteiger partial charge in [-0.15, -0.1) is 0 Å². The van der Waals surface area contributed by atoms with E-state index in [2.05, 4.69) is 15.8 Å². The number of aryl methyl sites for hydroxylation is 1. The first-order valence-corrected chi connectivity index (χ1v) is 9.14. The van der Waals surface area contributed by atoms with Gasteiger partial charge < -0.3 is 24.8 Å². The second kappa shape index (κ2) is 9.72. The van der Waals surface area contributed by atoms with Crippen molar-refractivity contribution in [2.24, 2.45) is 5.92 Å². The predicted molar refractivity (Wildman–Crippen MR) is 107 cm³/mol. The third kappa shape index (κ3) is 6.06. The number of ether oxygens (including phenoxy) is 1. The summed E-state index contributed by atoms with van der Waals surface area (Å²) in [6.07, 6.45) is 0. The molecule has 0 spiro atoms. The summed E-state index contributed by atoms with van der Waals surface area (Å²) in [6, 6.07) is 7.37. The lowest BCUT2D eigenvalue weighted by molar-refractivity contribution is -0.135. The van der Waals surface area contributed by atoms with Gasteiger partial charge >= 0.3 is 0 Å². The molecule has 0 aliphatic heterocycles. The van der Waals surface area contributed by atoms with Crippen LogP contribution in [0.5, 0.6) is 5.75 Å². The molecule has 0 saturated carbocycles. The van der Waals surface area contributed by atoms with Gasteiger partial charge in [-0.3, -0.25) is 14.4 Å². The lowest BCUT2D eigenvalue weighted by Gasteiger charge is -2.26. The molecule has 156 valence electrons. The number of amides is 3. The Labute approximate surface area is 169 Å². The minimum atomic E-state index is -0.781. The summed E-state index contributed by atoms with van der Waals surface area (Å²) in [5, 5.41) is 8.98. The van der Waals surface area contributed by atoms with Crippen molar-refractivity contribution in [2.45, 2.75) is 26.8 Å². The SMILES string of the molecule is COc1ccc(C(=O)NC(C(=O)N(C)CC(=O)Nc2cc(C)on2)C(C)C)cc1. The largest absolute Gasteiger partial charge is 0.497 e. The Hall–Kier alpha value is -3.36. The van der Waals surface area contributed by atoms with E-state index in [4.69, 9.17) is 9.26 Å². The Kier molecular flexibility index (Phi) is 7.35. The van der Waals surface area contributed by atoms with E-state index in [-0.39, 0.29) is 30.1 Å². The predicted octanol–water partition coefficient (Wildman–Crippen LogP) is 1.84. The smallest absolute Gasteiger partial charge is 0.251 e. The number of rotatable bonds is 8. The number of hydrogen-bond acceptors (Lipinski definition) is 6. The molecule has 0 aliphatic rings. The highest BCUT2D eigenvalue weighted by atomic mass is 16.5. The van der Waals surface area contributed by atoms with Crippen LogP contribution in [0.15, 0.2) is 34.9 Å². The van der Waals surface area contributed by atoms with Gasteiger partial charge in [0.25, 0.3) is 5.91 Å². The molecule has 2 N–H and O–H groups in total. The van der Waals surface area contributed by atoms with Crippen LogP contribution in [0.3, 0.4) is 0 Å². The summed E-state index contributed by atoms with van der Waals surface area (Å²) in [7, 11) is 3.04. The first kappa shape index (κ1) is 21.9. The van der Waals surface area contributed by atoms with Crippen molar-refractivity contribution in [3.63, 3.8) is 0 Å². The van der Waals surface area contributed by atoms with Gasteiger partial charge in [-0.05, 0) is 37.1 Å². The molecule has 2 aromatic rings. The molecule has 1 unspecified atom stereocenters. The fourth-order valence-corrected chi connectivity index (χ4v) is 2.62. The summed E-state index contributed by atoms with van der Waals surface area (Å²) < 4.78 is 9.97. The lowest BCUT2D eigenvalue weighted by atomic mass is 10.0. The van der Waals surface area contributed by atoms with Gasteiger partial charge in [0.1, 0.15) is 17.6 Å². The number of carbonyl (C=O) groups excluding carboxylic acids is 3. The normalized spacial score (nSPS) is 11.7. The maximum atomic E-state index is 12.8. The summed E-state index contributed by atoms with van der Waals surface area (Å²) in [5.74, 6) is 0.133. The van der Waals surface area contributed by atoms with Crippen LogP contribution in [0.25, 0.3) is 0 Å². The van der Waals surface area contributed by atoms with Crippen LogP contribution in [-0.4, -0.2) is 54.5 Å². The molecule has 9 heteroatoms. The van der Waals surface area contributed by atoms with Gasteiger partial charge in [0.05, 0.1) is 13.7 Å². The molecule has 1 heterocycles. The third-order valence-corrected chi connectivity index (χ3v) is 4.22. The maximum absolute atomic E-state index is 12.8. The molecule has 0 bridgehead atoms. The second-order valence-corrected chi connectivity index (χ2v) is 6.99. The average Bonchev–Trinajstić information content (AvgIpc) is 3.09. The molecule has 1 atom stereocenters. The molecule has 0 radical (unpaired) electrons. The van der Waals surface area contributed by atoms with E-state index < -0.39 is 11.9 Å². The molecule has 2 rings (SSSR count).